The second kappa shape index (κ2) is 9.48. The van der Waals surface area contributed by atoms with E-state index in [0.29, 0.717) is 34.8 Å². The molecule has 0 atom stereocenters. The number of fused-ring (bicyclic) bond motifs is 1. The SMILES string of the molecule is Cc1ccc(F)cc1Oc1cc(NCC2CNC2)c2ncc(-c3ccc(C(=O)NC4CC4)c(C)c3)n2n1. The minimum Gasteiger partial charge on any atom is -0.437 e. The fourth-order valence-corrected chi connectivity index (χ4v) is 4.44. The number of hydrogen-bond donors (Lipinski definition) is 3. The van der Waals surface area contributed by atoms with Crippen molar-refractivity contribution in [3.8, 4) is 22.9 Å². The quantitative estimate of drug-likeness (QED) is 0.331. The lowest BCUT2D eigenvalue weighted by Crippen LogP contribution is -2.45. The van der Waals surface area contributed by atoms with Crippen LogP contribution in [0.5, 0.6) is 11.6 Å². The molecule has 0 radical (unpaired) electrons. The van der Waals surface area contributed by atoms with Crippen molar-refractivity contribution in [2.75, 3.05) is 25.0 Å². The van der Waals surface area contributed by atoms with Gasteiger partial charge in [-0.25, -0.2) is 13.9 Å². The summed E-state index contributed by atoms with van der Waals surface area (Å²) in [6.07, 6.45) is 3.86. The van der Waals surface area contributed by atoms with Crippen LogP contribution >= 0.6 is 0 Å². The third-order valence-corrected chi connectivity index (χ3v) is 6.94. The maximum atomic E-state index is 13.9. The fourth-order valence-electron chi connectivity index (χ4n) is 4.44. The summed E-state index contributed by atoms with van der Waals surface area (Å²) in [5, 5.41) is 14.5. The van der Waals surface area contributed by atoms with Gasteiger partial charge in [0.05, 0.1) is 17.6 Å². The number of nitrogens with one attached hydrogen (secondary N) is 3. The molecular formula is C28H29FN6O2. The van der Waals surface area contributed by atoms with Crippen molar-refractivity contribution in [2.24, 2.45) is 5.92 Å². The Morgan fingerprint density at radius 2 is 1.97 bits per heavy atom. The molecule has 2 fully saturated rings. The van der Waals surface area contributed by atoms with E-state index >= 15 is 0 Å². The van der Waals surface area contributed by atoms with Gasteiger partial charge in [0.15, 0.2) is 5.65 Å². The number of amides is 1. The van der Waals surface area contributed by atoms with E-state index in [1.54, 1.807) is 22.8 Å². The average molecular weight is 501 g/mol. The molecule has 3 N–H and O–H groups in total. The summed E-state index contributed by atoms with van der Waals surface area (Å²) >= 11 is 0. The Morgan fingerprint density at radius 3 is 2.70 bits per heavy atom. The summed E-state index contributed by atoms with van der Waals surface area (Å²) in [7, 11) is 0. The number of carbonyl (C=O) groups excluding carboxylic acids is 1. The molecule has 9 heteroatoms. The second-order valence-corrected chi connectivity index (χ2v) is 9.97. The molecule has 3 heterocycles. The molecule has 1 aliphatic heterocycles. The molecule has 0 unspecified atom stereocenters. The highest BCUT2D eigenvalue weighted by atomic mass is 19.1. The highest BCUT2D eigenvalue weighted by Gasteiger charge is 2.25. The van der Waals surface area contributed by atoms with Crippen LogP contribution in [-0.2, 0) is 0 Å². The van der Waals surface area contributed by atoms with Crippen molar-refractivity contribution in [1.29, 1.82) is 0 Å². The first-order valence-corrected chi connectivity index (χ1v) is 12.6. The highest BCUT2D eigenvalue weighted by molar-refractivity contribution is 5.96. The highest BCUT2D eigenvalue weighted by Crippen LogP contribution is 2.31. The number of carbonyl (C=O) groups is 1. The minimum absolute atomic E-state index is 0.0408. The van der Waals surface area contributed by atoms with Crippen LogP contribution in [0.3, 0.4) is 0 Å². The smallest absolute Gasteiger partial charge is 0.251 e. The lowest BCUT2D eigenvalue weighted by molar-refractivity contribution is 0.0950. The first-order chi connectivity index (χ1) is 17.9. The van der Waals surface area contributed by atoms with E-state index in [2.05, 4.69) is 20.9 Å². The summed E-state index contributed by atoms with van der Waals surface area (Å²) < 4.78 is 21.7. The van der Waals surface area contributed by atoms with Crippen LogP contribution < -0.4 is 20.7 Å². The molecule has 37 heavy (non-hydrogen) atoms. The number of ether oxygens (including phenoxy) is 1. The number of imidazole rings is 1. The number of anilines is 1. The molecule has 190 valence electrons. The van der Waals surface area contributed by atoms with E-state index < -0.39 is 0 Å². The number of aryl methyl sites for hydroxylation is 2. The summed E-state index contributed by atoms with van der Waals surface area (Å²) in [6, 6.07) is 12.3. The van der Waals surface area contributed by atoms with Gasteiger partial charge in [-0.3, -0.25) is 4.79 Å². The maximum Gasteiger partial charge on any atom is 0.251 e. The van der Waals surface area contributed by atoms with Crippen molar-refractivity contribution in [1.82, 2.24) is 25.2 Å². The van der Waals surface area contributed by atoms with E-state index in [1.165, 1.54) is 12.1 Å². The van der Waals surface area contributed by atoms with Gasteiger partial charge < -0.3 is 20.7 Å². The van der Waals surface area contributed by atoms with Crippen molar-refractivity contribution in [3.63, 3.8) is 0 Å². The van der Waals surface area contributed by atoms with Gasteiger partial charge in [-0.2, -0.15) is 0 Å². The van der Waals surface area contributed by atoms with Gasteiger partial charge in [0.1, 0.15) is 11.6 Å². The van der Waals surface area contributed by atoms with Crippen molar-refractivity contribution >= 4 is 17.2 Å². The number of nitrogens with zero attached hydrogens (tertiary/aromatic N) is 3. The van der Waals surface area contributed by atoms with Crippen LogP contribution in [0.2, 0.25) is 0 Å². The minimum atomic E-state index is -0.373. The number of hydrogen-bond acceptors (Lipinski definition) is 6. The van der Waals surface area contributed by atoms with Gasteiger partial charge >= 0.3 is 0 Å². The Morgan fingerprint density at radius 1 is 1.14 bits per heavy atom. The van der Waals surface area contributed by atoms with Crippen LogP contribution in [0.1, 0.15) is 34.3 Å². The van der Waals surface area contributed by atoms with E-state index in [4.69, 9.17) is 9.84 Å². The molecule has 2 aromatic heterocycles. The Hall–Kier alpha value is -3.98. The van der Waals surface area contributed by atoms with E-state index in [9.17, 15) is 9.18 Å². The summed E-state index contributed by atoms with van der Waals surface area (Å²) in [5.41, 5.74) is 5.45. The number of halogens is 1. The van der Waals surface area contributed by atoms with Crippen LogP contribution in [0.4, 0.5) is 10.1 Å². The summed E-state index contributed by atoms with van der Waals surface area (Å²) in [5.74, 6) is 0.855. The molecule has 0 bridgehead atoms. The normalized spacial score (nSPS) is 15.4. The zero-order chi connectivity index (χ0) is 25.5. The van der Waals surface area contributed by atoms with Crippen LogP contribution in [0, 0.1) is 25.6 Å². The average Bonchev–Trinajstić information content (AvgIpc) is 3.55. The lowest BCUT2D eigenvalue weighted by Gasteiger charge is -2.27. The third kappa shape index (κ3) is 4.86. The Bertz CT molecular complexity index is 1490. The Labute approximate surface area is 214 Å². The number of rotatable bonds is 8. The van der Waals surface area contributed by atoms with Gasteiger partial charge in [-0.05, 0) is 56.0 Å². The van der Waals surface area contributed by atoms with Gasteiger partial charge in [-0.15, -0.1) is 5.10 Å². The Balaban J connectivity index is 1.37. The predicted octanol–water partition coefficient (Wildman–Crippen LogP) is 4.47. The molecular weight excluding hydrogens is 471 g/mol. The topological polar surface area (TPSA) is 92.6 Å². The molecule has 2 aliphatic rings. The fraction of sp³-hybridized carbons (Fsp3) is 0.321. The maximum absolute atomic E-state index is 13.9. The van der Waals surface area contributed by atoms with Gasteiger partial charge in [0.2, 0.25) is 5.88 Å². The van der Waals surface area contributed by atoms with Crippen LogP contribution in [0.15, 0.2) is 48.7 Å². The summed E-state index contributed by atoms with van der Waals surface area (Å²) in [6.45, 7) is 6.53. The first kappa shape index (κ1) is 23.4. The van der Waals surface area contributed by atoms with E-state index in [-0.39, 0.29) is 11.7 Å². The number of aromatic nitrogens is 3. The Kier molecular flexibility index (Phi) is 6.00. The standard InChI is InChI=1S/C28H29FN6O2/c1-16-3-5-20(29)10-25(16)37-26-11-23(31-14-18-12-30-13-18)27-32-15-24(35(27)34-26)19-4-8-22(17(2)9-19)28(36)33-21-6-7-21/h3-5,8-11,15,18,21,30-31H,6-7,12-14H2,1-2H3,(H,33,36). The molecule has 8 nitrogen and oxygen atoms in total. The van der Waals surface area contributed by atoms with Gasteiger partial charge in [0, 0.05) is 54.9 Å². The monoisotopic (exact) mass is 500 g/mol. The van der Waals surface area contributed by atoms with Gasteiger partial charge in [-0.1, -0.05) is 12.1 Å². The second-order valence-electron chi connectivity index (χ2n) is 9.97. The van der Waals surface area contributed by atoms with Crippen molar-refractivity contribution in [3.05, 3.63) is 71.2 Å². The van der Waals surface area contributed by atoms with E-state index in [1.807, 2.05) is 32.0 Å². The zero-order valence-electron chi connectivity index (χ0n) is 20.8. The lowest BCUT2D eigenvalue weighted by atomic mass is 10.0. The van der Waals surface area contributed by atoms with Crippen LogP contribution in [0.25, 0.3) is 16.9 Å². The van der Waals surface area contributed by atoms with Gasteiger partial charge in [0.25, 0.3) is 5.91 Å². The zero-order valence-corrected chi connectivity index (χ0v) is 20.8. The third-order valence-electron chi connectivity index (χ3n) is 6.94. The molecule has 0 spiro atoms. The molecule has 4 aromatic rings. The van der Waals surface area contributed by atoms with Crippen LogP contribution in [-0.4, -0.2) is 46.2 Å². The molecule has 1 aliphatic carbocycles. The van der Waals surface area contributed by atoms with Crippen molar-refractivity contribution < 1.29 is 13.9 Å². The van der Waals surface area contributed by atoms with Crippen molar-refractivity contribution in [2.45, 2.75) is 32.7 Å². The molecule has 1 amide bonds. The molecule has 1 saturated carbocycles. The number of benzene rings is 2. The molecule has 1 saturated heterocycles. The molecule has 6 rings (SSSR count). The largest absolute Gasteiger partial charge is 0.437 e. The molecule has 2 aromatic carbocycles. The first-order valence-electron chi connectivity index (χ1n) is 12.6. The van der Waals surface area contributed by atoms with E-state index in [0.717, 1.165) is 60.5 Å². The predicted molar refractivity (Wildman–Crippen MR) is 140 cm³/mol. The summed E-state index contributed by atoms with van der Waals surface area (Å²) in [4.78, 5) is 17.3.